The molecule has 0 radical (unpaired) electrons. The quantitative estimate of drug-likeness (QED) is 0.515. The molecule has 1 saturated heterocycles. The summed E-state index contributed by atoms with van der Waals surface area (Å²) in [5.41, 5.74) is 3.52. The summed E-state index contributed by atoms with van der Waals surface area (Å²) < 4.78 is 28.6. The van der Waals surface area contributed by atoms with E-state index in [1.807, 2.05) is 12.1 Å². The first kappa shape index (κ1) is 22.1. The van der Waals surface area contributed by atoms with Crippen LogP contribution >= 0.6 is 0 Å². The van der Waals surface area contributed by atoms with Crippen molar-refractivity contribution < 1.29 is 13.2 Å². The van der Waals surface area contributed by atoms with E-state index in [-0.39, 0.29) is 0 Å². The summed E-state index contributed by atoms with van der Waals surface area (Å²) in [5.74, 6) is 0.736. The van der Waals surface area contributed by atoms with Crippen LogP contribution in [0, 0.1) is 0 Å². The number of nitrogens with one attached hydrogen (secondary N) is 2. The Hall–Kier alpha value is -2.58. The zero-order valence-electron chi connectivity index (χ0n) is 17.6. The van der Waals surface area contributed by atoms with Crippen LogP contribution in [0.4, 0.5) is 5.69 Å². The van der Waals surface area contributed by atoms with Gasteiger partial charge < -0.3 is 20.3 Å². The average Bonchev–Trinajstić information content (AvgIpc) is 2.76. The molecule has 30 heavy (non-hydrogen) atoms. The molecule has 0 amide bonds. The van der Waals surface area contributed by atoms with Gasteiger partial charge in [0.15, 0.2) is 15.8 Å². The molecule has 0 aliphatic carbocycles. The minimum absolute atomic E-state index is 0.343. The van der Waals surface area contributed by atoms with Gasteiger partial charge in [-0.15, -0.1) is 0 Å². The van der Waals surface area contributed by atoms with Crippen LogP contribution in [0.1, 0.15) is 11.1 Å². The summed E-state index contributed by atoms with van der Waals surface area (Å²) in [4.78, 5) is 7.01. The maximum atomic E-state index is 11.6. The van der Waals surface area contributed by atoms with Crippen molar-refractivity contribution in [2.24, 2.45) is 4.99 Å². The monoisotopic (exact) mass is 430 g/mol. The van der Waals surface area contributed by atoms with Gasteiger partial charge in [0.2, 0.25) is 0 Å². The minimum Gasteiger partial charge on any atom is -0.378 e. The summed E-state index contributed by atoms with van der Waals surface area (Å²) in [6.45, 7) is 4.70. The van der Waals surface area contributed by atoms with Crippen LogP contribution in [0.25, 0.3) is 0 Å². The molecule has 0 bridgehead atoms. The second-order valence-electron chi connectivity index (χ2n) is 7.25. The molecule has 1 aliphatic rings. The van der Waals surface area contributed by atoms with Crippen LogP contribution in [0.5, 0.6) is 0 Å². The van der Waals surface area contributed by atoms with Gasteiger partial charge in [0.1, 0.15) is 0 Å². The van der Waals surface area contributed by atoms with E-state index in [0.717, 1.165) is 44.2 Å². The predicted molar refractivity (Wildman–Crippen MR) is 121 cm³/mol. The molecule has 7 nitrogen and oxygen atoms in total. The van der Waals surface area contributed by atoms with Gasteiger partial charge in [0.25, 0.3) is 0 Å². The molecule has 3 rings (SSSR count). The molecule has 2 aromatic carbocycles. The Bertz CT molecular complexity index is 953. The van der Waals surface area contributed by atoms with E-state index < -0.39 is 9.84 Å². The highest BCUT2D eigenvalue weighted by molar-refractivity contribution is 7.90. The number of rotatable bonds is 7. The smallest absolute Gasteiger partial charge is 0.191 e. The Morgan fingerprint density at radius 2 is 1.77 bits per heavy atom. The molecule has 0 spiro atoms. The van der Waals surface area contributed by atoms with E-state index in [4.69, 9.17) is 4.74 Å². The zero-order valence-corrected chi connectivity index (χ0v) is 18.4. The number of sulfone groups is 1. The second kappa shape index (κ2) is 10.4. The van der Waals surface area contributed by atoms with E-state index >= 15 is 0 Å². The van der Waals surface area contributed by atoms with E-state index in [0.29, 0.717) is 18.0 Å². The summed E-state index contributed by atoms with van der Waals surface area (Å²) in [6.07, 6.45) is 1.99. The largest absolute Gasteiger partial charge is 0.378 e. The fraction of sp³-hybridized carbons (Fsp3) is 0.409. The topological polar surface area (TPSA) is 83.0 Å². The van der Waals surface area contributed by atoms with Crippen molar-refractivity contribution in [3.8, 4) is 0 Å². The molecule has 1 fully saturated rings. The zero-order chi connectivity index (χ0) is 21.4. The van der Waals surface area contributed by atoms with Crippen molar-refractivity contribution in [1.82, 2.24) is 10.6 Å². The lowest BCUT2D eigenvalue weighted by Gasteiger charge is -2.30. The van der Waals surface area contributed by atoms with Crippen LogP contribution in [0.2, 0.25) is 0 Å². The van der Waals surface area contributed by atoms with Crippen LogP contribution in [-0.4, -0.2) is 60.5 Å². The Morgan fingerprint density at radius 3 is 2.43 bits per heavy atom. The molecule has 0 atom stereocenters. The fourth-order valence-electron chi connectivity index (χ4n) is 3.40. The lowest BCUT2D eigenvalue weighted by molar-refractivity contribution is 0.122. The van der Waals surface area contributed by atoms with Gasteiger partial charge in [-0.3, -0.25) is 4.99 Å². The number of hydrogen-bond donors (Lipinski definition) is 2. The molecule has 1 heterocycles. The summed E-state index contributed by atoms with van der Waals surface area (Å²) in [5, 5.41) is 6.70. The molecule has 2 aromatic rings. The van der Waals surface area contributed by atoms with Gasteiger partial charge in [-0.25, -0.2) is 8.42 Å². The van der Waals surface area contributed by atoms with Gasteiger partial charge in [-0.1, -0.05) is 30.3 Å². The standard InChI is InChI=1S/C22H30N4O3S/c1-23-22(24-12-11-18-7-9-20(10-8-18)30(2,27)28)25-17-19-5-3-4-6-21(19)26-13-15-29-16-14-26/h3-10H,11-17H2,1-2H3,(H2,23,24,25). The van der Waals surface area contributed by atoms with Gasteiger partial charge in [-0.2, -0.15) is 0 Å². The van der Waals surface area contributed by atoms with E-state index in [2.05, 4.69) is 44.8 Å². The van der Waals surface area contributed by atoms with Gasteiger partial charge >= 0.3 is 0 Å². The molecule has 0 unspecified atom stereocenters. The molecule has 8 heteroatoms. The number of nitrogens with zero attached hydrogens (tertiary/aromatic N) is 2. The normalized spacial score (nSPS) is 15.1. The number of para-hydroxylation sites is 1. The van der Waals surface area contributed by atoms with Crippen molar-refractivity contribution in [3.05, 3.63) is 59.7 Å². The highest BCUT2D eigenvalue weighted by Crippen LogP contribution is 2.21. The van der Waals surface area contributed by atoms with E-state index in [9.17, 15) is 8.42 Å². The van der Waals surface area contributed by atoms with Gasteiger partial charge in [0.05, 0.1) is 18.1 Å². The van der Waals surface area contributed by atoms with Crippen molar-refractivity contribution in [3.63, 3.8) is 0 Å². The number of hydrogen-bond acceptors (Lipinski definition) is 5. The first-order valence-electron chi connectivity index (χ1n) is 10.1. The summed E-state index contributed by atoms with van der Waals surface area (Å²) in [7, 11) is -1.40. The number of guanidine groups is 1. The molecule has 1 aliphatic heterocycles. The first-order valence-corrected chi connectivity index (χ1v) is 12.0. The van der Waals surface area contributed by atoms with Crippen molar-refractivity contribution in [2.45, 2.75) is 17.9 Å². The SMILES string of the molecule is CN=C(NCCc1ccc(S(C)(=O)=O)cc1)NCc1ccccc1N1CCOCC1. The van der Waals surface area contributed by atoms with E-state index in [1.165, 1.54) is 17.5 Å². The van der Waals surface area contributed by atoms with Crippen LogP contribution < -0.4 is 15.5 Å². The first-order chi connectivity index (χ1) is 14.5. The summed E-state index contributed by atoms with van der Waals surface area (Å²) >= 11 is 0. The molecular weight excluding hydrogens is 400 g/mol. The number of aliphatic imine (C=N–C) groups is 1. The molecule has 0 saturated carbocycles. The van der Waals surface area contributed by atoms with Crippen LogP contribution in [0.3, 0.4) is 0 Å². The number of ether oxygens (including phenoxy) is 1. The Balaban J connectivity index is 1.51. The highest BCUT2D eigenvalue weighted by Gasteiger charge is 2.14. The van der Waals surface area contributed by atoms with Crippen molar-refractivity contribution in [1.29, 1.82) is 0 Å². The van der Waals surface area contributed by atoms with Gasteiger partial charge in [0, 0.05) is 45.2 Å². The maximum Gasteiger partial charge on any atom is 0.191 e. The lowest BCUT2D eigenvalue weighted by Crippen LogP contribution is -2.39. The van der Waals surface area contributed by atoms with Crippen LogP contribution in [-0.2, 0) is 27.5 Å². The van der Waals surface area contributed by atoms with Crippen LogP contribution in [0.15, 0.2) is 58.4 Å². The predicted octanol–water partition coefficient (Wildman–Crippen LogP) is 1.83. The Morgan fingerprint density at radius 1 is 1.07 bits per heavy atom. The lowest BCUT2D eigenvalue weighted by atomic mass is 10.1. The molecule has 2 N–H and O–H groups in total. The molecule has 0 aromatic heterocycles. The Kier molecular flexibility index (Phi) is 7.70. The third-order valence-corrected chi connectivity index (χ3v) is 6.20. The average molecular weight is 431 g/mol. The second-order valence-corrected chi connectivity index (χ2v) is 9.26. The highest BCUT2D eigenvalue weighted by atomic mass is 32.2. The third-order valence-electron chi connectivity index (χ3n) is 5.07. The van der Waals surface area contributed by atoms with E-state index in [1.54, 1.807) is 19.2 Å². The van der Waals surface area contributed by atoms with Crippen molar-refractivity contribution >= 4 is 21.5 Å². The number of anilines is 1. The third kappa shape index (κ3) is 6.21. The maximum absolute atomic E-state index is 11.6. The summed E-state index contributed by atoms with van der Waals surface area (Å²) in [6, 6.07) is 15.4. The number of benzene rings is 2. The van der Waals surface area contributed by atoms with Crippen molar-refractivity contribution in [2.75, 3.05) is 51.1 Å². The Labute approximate surface area is 179 Å². The number of morpholine rings is 1. The van der Waals surface area contributed by atoms with Gasteiger partial charge in [-0.05, 0) is 35.7 Å². The molecular formula is C22H30N4O3S. The minimum atomic E-state index is -3.16. The molecule has 162 valence electrons. The fourth-order valence-corrected chi connectivity index (χ4v) is 4.03.